The van der Waals surface area contributed by atoms with E-state index in [2.05, 4.69) is 29.9 Å². The van der Waals surface area contributed by atoms with E-state index in [4.69, 9.17) is 30.0 Å². The number of aromatic nitrogens is 8. The first-order valence-electron chi connectivity index (χ1n) is 10.3. The molecule has 2 atom stereocenters. The van der Waals surface area contributed by atoms with Crippen molar-refractivity contribution in [1.82, 2.24) is 39.0 Å². The number of nitrogens with two attached hydrogens (primary N) is 2. The van der Waals surface area contributed by atoms with Gasteiger partial charge in [-0.2, -0.15) is 0 Å². The molecule has 0 aliphatic rings. The summed E-state index contributed by atoms with van der Waals surface area (Å²) >= 11 is 0. The molecule has 0 fully saturated rings. The zero-order chi connectivity index (χ0) is 24.1. The van der Waals surface area contributed by atoms with Crippen molar-refractivity contribution in [3.63, 3.8) is 0 Å². The quantitative estimate of drug-likeness (QED) is 0.210. The maximum atomic E-state index is 12.0. The fourth-order valence-electron chi connectivity index (χ4n) is 3.16. The fraction of sp³-hybridized carbons (Fsp3) is 0.444. The topological polar surface area (TPSA) is 193 Å². The second kappa shape index (κ2) is 10.8. The van der Waals surface area contributed by atoms with Gasteiger partial charge in [0.05, 0.1) is 38.0 Å². The molecule has 0 aliphatic heterocycles. The van der Waals surface area contributed by atoms with Crippen LogP contribution in [0.15, 0.2) is 25.3 Å². The van der Waals surface area contributed by atoms with Gasteiger partial charge in [-0.3, -0.25) is 13.6 Å². The summed E-state index contributed by atoms with van der Waals surface area (Å²) in [5, 5.41) is 0. The van der Waals surface area contributed by atoms with Crippen molar-refractivity contribution in [2.45, 2.75) is 39.1 Å². The van der Waals surface area contributed by atoms with Gasteiger partial charge in [-0.25, -0.2) is 29.9 Å². The van der Waals surface area contributed by atoms with E-state index in [9.17, 15) is 4.57 Å². The Labute approximate surface area is 194 Å². The summed E-state index contributed by atoms with van der Waals surface area (Å²) in [6.45, 7) is 4.14. The van der Waals surface area contributed by atoms with Gasteiger partial charge in [0, 0.05) is 0 Å². The SMILES string of the molecule is CC(Cn1cnc2c(N)ncnc21)OCO[PH](=O)OCOC(C)Cn1cnc2c(N)ncnc21. The molecule has 15 nitrogen and oxygen atoms in total. The first kappa shape index (κ1) is 23.9. The zero-order valence-corrected chi connectivity index (χ0v) is 19.6. The highest BCUT2D eigenvalue weighted by Gasteiger charge is 2.13. The summed E-state index contributed by atoms with van der Waals surface area (Å²) in [4.78, 5) is 24.6. The fourth-order valence-corrected chi connectivity index (χ4v) is 3.57. The van der Waals surface area contributed by atoms with Crippen LogP contribution in [-0.2, 0) is 36.2 Å². The van der Waals surface area contributed by atoms with Gasteiger partial charge in [-0.05, 0) is 13.8 Å². The van der Waals surface area contributed by atoms with Crippen molar-refractivity contribution in [1.29, 1.82) is 0 Å². The third kappa shape index (κ3) is 5.63. The molecule has 0 aliphatic carbocycles. The Hall–Kier alpha value is -3.23. The Kier molecular flexibility index (Phi) is 7.59. The van der Waals surface area contributed by atoms with Crippen molar-refractivity contribution in [3.8, 4) is 0 Å². The molecule has 0 bridgehead atoms. The number of hydrogen-bond acceptors (Lipinski definition) is 13. The number of nitrogens with zero attached hydrogens (tertiary/aromatic N) is 8. The predicted molar refractivity (Wildman–Crippen MR) is 121 cm³/mol. The molecule has 2 unspecified atom stereocenters. The van der Waals surface area contributed by atoms with Crippen LogP contribution in [0.2, 0.25) is 0 Å². The van der Waals surface area contributed by atoms with E-state index in [1.807, 2.05) is 13.8 Å². The number of anilines is 2. The van der Waals surface area contributed by atoms with Crippen molar-refractivity contribution in [3.05, 3.63) is 25.3 Å². The molecule has 4 aromatic rings. The minimum atomic E-state index is -2.80. The first-order chi connectivity index (χ1) is 16.4. The number of rotatable bonds is 12. The molecular formula is C18H25N10O5P. The zero-order valence-electron chi connectivity index (χ0n) is 18.6. The number of hydrogen-bond donors (Lipinski definition) is 2. The Bertz CT molecular complexity index is 1180. The Morgan fingerprint density at radius 1 is 0.794 bits per heavy atom. The maximum Gasteiger partial charge on any atom is 0.323 e. The van der Waals surface area contributed by atoms with E-state index < -0.39 is 8.25 Å². The predicted octanol–water partition coefficient (Wildman–Crippen LogP) is 0.979. The lowest BCUT2D eigenvalue weighted by Crippen LogP contribution is -2.18. The van der Waals surface area contributed by atoms with Gasteiger partial charge in [0.2, 0.25) is 0 Å². The van der Waals surface area contributed by atoms with Gasteiger partial charge in [0.1, 0.15) is 23.7 Å². The lowest BCUT2D eigenvalue weighted by atomic mass is 10.4. The molecule has 0 aromatic carbocycles. The van der Waals surface area contributed by atoms with Crippen LogP contribution < -0.4 is 11.5 Å². The van der Waals surface area contributed by atoms with Crippen LogP contribution in [-0.4, -0.2) is 64.8 Å². The molecule has 0 saturated carbocycles. The molecule has 0 radical (unpaired) electrons. The van der Waals surface area contributed by atoms with Crippen LogP contribution in [0.5, 0.6) is 0 Å². The summed E-state index contributed by atoms with van der Waals surface area (Å²) in [6.07, 6.45) is 5.41. The van der Waals surface area contributed by atoms with E-state index in [0.717, 1.165) is 0 Å². The Balaban J connectivity index is 1.14. The number of imidazole rings is 2. The van der Waals surface area contributed by atoms with E-state index in [0.29, 0.717) is 47.1 Å². The lowest BCUT2D eigenvalue weighted by molar-refractivity contribution is -0.0597. The smallest absolute Gasteiger partial charge is 0.323 e. The molecule has 4 N–H and O–H groups in total. The molecule has 4 aromatic heterocycles. The molecule has 34 heavy (non-hydrogen) atoms. The monoisotopic (exact) mass is 492 g/mol. The summed E-state index contributed by atoms with van der Waals surface area (Å²) in [5.74, 6) is 0.620. The van der Waals surface area contributed by atoms with Crippen LogP contribution in [0.3, 0.4) is 0 Å². The van der Waals surface area contributed by atoms with Crippen molar-refractivity contribution in [2.24, 2.45) is 0 Å². The minimum absolute atomic E-state index is 0.208. The molecular weight excluding hydrogens is 467 g/mol. The molecule has 0 amide bonds. The summed E-state index contributed by atoms with van der Waals surface area (Å²) in [7, 11) is -2.80. The van der Waals surface area contributed by atoms with E-state index in [1.54, 1.807) is 21.8 Å². The van der Waals surface area contributed by atoms with Gasteiger partial charge in [0.25, 0.3) is 0 Å². The maximum absolute atomic E-state index is 12.0. The first-order valence-corrected chi connectivity index (χ1v) is 11.5. The van der Waals surface area contributed by atoms with Gasteiger partial charge < -0.3 is 30.1 Å². The van der Waals surface area contributed by atoms with Crippen LogP contribution in [0, 0.1) is 0 Å². The molecule has 182 valence electrons. The van der Waals surface area contributed by atoms with E-state index in [1.165, 1.54) is 12.7 Å². The number of ether oxygens (including phenoxy) is 2. The minimum Gasteiger partial charge on any atom is -0.382 e. The van der Waals surface area contributed by atoms with Crippen LogP contribution in [0.4, 0.5) is 11.6 Å². The highest BCUT2D eigenvalue weighted by Crippen LogP contribution is 2.24. The normalized spacial score (nSPS) is 14.5. The molecule has 4 rings (SSSR count). The highest BCUT2D eigenvalue weighted by molar-refractivity contribution is 7.33. The Morgan fingerprint density at radius 2 is 1.24 bits per heavy atom. The molecule has 4 heterocycles. The van der Waals surface area contributed by atoms with Gasteiger partial charge in [0.15, 0.2) is 36.5 Å². The van der Waals surface area contributed by atoms with E-state index >= 15 is 0 Å². The number of fused-ring (bicyclic) bond motifs is 2. The highest BCUT2D eigenvalue weighted by atomic mass is 31.1. The van der Waals surface area contributed by atoms with Crippen LogP contribution in [0.25, 0.3) is 22.3 Å². The van der Waals surface area contributed by atoms with Crippen LogP contribution in [0.1, 0.15) is 13.8 Å². The average molecular weight is 492 g/mol. The molecule has 16 heteroatoms. The Morgan fingerprint density at radius 3 is 1.68 bits per heavy atom. The van der Waals surface area contributed by atoms with Gasteiger partial charge >= 0.3 is 8.25 Å². The average Bonchev–Trinajstić information content (AvgIpc) is 3.40. The standard InChI is InChI=1S/C18H25N10O5P/c1-11(3-27-7-25-13-15(19)21-5-23-17(13)27)30-9-32-34(29)33-10-31-12(2)4-28-8-26-14-16(20)22-6-24-18(14)28/h5-8,11-12,34H,3-4,9-10H2,1-2H3,(H2,19,21,23)(H2,20,22,24). The van der Waals surface area contributed by atoms with Gasteiger partial charge in [-0.1, -0.05) is 0 Å². The molecule has 0 saturated heterocycles. The summed E-state index contributed by atoms with van der Waals surface area (Å²) in [6, 6.07) is 0. The van der Waals surface area contributed by atoms with Crippen molar-refractivity contribution < 1.29 is 23.1 Å². The summed E-state index contributed by atoms with van der Waals surface area (Å²) in [5.41, 5.74) is 13.8. The lowest BCUT2D eigenvalue weighted by Gasteiger charge is -2.15. The van der Waals surface area contributed by atoms with Gasteiger partial charge in [-0.15, -0.1) is 0 Å². The third-order valence-electron chi connectivity index (χ3n) is 4.83. The van der Waals surface area contributed by atoms with E-state index in [-0.39, 0.29) is 25.8 Å². The number of nitrogen functional groups attached to an aromatic ring is 2. The largest absolute Gasteiger partial charge is 0.382 e. The molecule has 0 spiro atoms. The van der Waals surface area contributed by atoms with Crippen molar-refractivity contribution in [2.75, 3.05) is 25.1 Å². The second-order valence-electron chi connectivity index (χ2n) is 7.39. The second-order valence-corrected chi connectivity index (χ2v) is 8.46. The van der Waals surface area contributed by atoms with Crippen LogP contribution >= 0.6 is 8.25 Å². The summed E-state index contributed by atoms with van der Waals surface area (Å²) < 4.78 is 36.8. The van der Waals surface area contributed by atoms with Crippen molar-refractivity contribution >= 4 is 42.2 Å². The third-order valence-corrected chi connectivity index (χ3v) is 5.53.